The predicted octanol–water partition coefficient (Wildman–Crippen LogP) is 4.48. The van der Waals surface area contributed by atoms with Gasteiger partial charge in [0.05, 0.1) is 18.3 Å². The summed E-state index contributed by atoms with van der Waals surface area (Å²) < 4.78 is 39.9. The van der Waals surface area contributed by atoms with E-state index >= 15 is 0 Å². The molecule has 0 saturated carbocycles. The first-order valence-electron chi connectivity index (χ1n) is 7.81. The summed E-state index contributed by atoms with van der Waals surface area (Å²) in [6.07, 6.45) is 0. The van der Waals surface area contributed by atoms with Crippen molar-refractivity contribution in [1.29, 1.82) is 0 Å². The molecule has 2 N–H and O–H groups in total. The van der Waals surface area contributed by atoms with Crippen molar-refractivity contribution in [2.24, 2.45) is 0 Å². The topological polar surface area (TPSA) is 41.1 Å². The second-order valence-electron chi connectivity index (χ2n) is 5.50. The van der Waals surface area contributed by atoms with E-state index in [-0.39, 0.29) is 18.3 Å². The van der Waals surface area contributed by atoms with Crippen LogP contribution in [0.25, 0.3) is 0 Å². The van der Waals surface area contributed by atoms with Crippen molar-refractivity contribution in [2.75, 3.05) is 11.9 Å². The first-order chi connectivity index (χ1) is 12.6. The van der Waals surface area contributed by atoms with Gasteiger partial charge in [0, 0.05) is 4.88 Å². The molecule has 0 spiro atoms. The van der Waals surface area contributed by atoms with Gasteiger partial charge in [0.25, 0.3) is 0 Å². The Hall–Kier alpha value is -2.80. The second-order valence-corrected chi connectivity index (χ2v) is 6.48. The standard InChI is InChI=1S/C19H15F3N2OS/c20-13-8-9-14(18(22)17(13)21)23-11-16(25)24-19(15-7-4-10-26-15)12-5-2-1-3-6-12/h1-10,19,23H,11H2,(H,24,25). The number of thiophene rings is 1. The molecule has 1 atom stereocenters. The zero-order valence-corrected chi connectivity index (χ0v) is 14.3. The lowest BCUT2D eigenvalue weighted by Crippen LogP contribution is -2.33. The van der Waals surface area contributed by atoms with Crippen LogP contribution in [0.5, 0.6) is 0 Å². The fraction of sp³-hybridized carbons (Fsp3) is 0.105. The highest BCUT2D eigenvalue weighted by molar-refractivity contribution is 7.10. The Morgan fingerprint density at radius 2 is 1.73 bits per heavy atom. The summed E-state index contributed by atoms with van der Waals surface area (Å²) in [6.45, 7) is -0.281. The number of hydrogen-bond donors (Lipinski definition) is 2. The van der Waals surface area contributed by atoms with Crippen molar-refractivity contribution in [3.8, 4) is 0 Å². The number of halogens is 3. The van der Waals surface area contributed by atoms with Crippen LogP contribution in [0.3, 0.4) is 0 Å². The molecular weight excluding hydrogens is 361 g/mol. The normalized spacial score (nSPS) is 11.8. The molecule has 3 nitrogen and oxygen atoms in total. The second kappa shape index (κ2) is 8.05. The Kier molecular flexibility index (Phi) is 5.58. The largest absolute Gasteiger partial charge is 0.374 e. The molecule has 0 saturated heterocycles. The van der Waals surface area contributed by atoms with E-state index in [1.807, 2.05) is 47.8 Å². The van der Waals surface area contributed by atoms with Gasteiger partial charge in [0.1, 0.15) is 0 Å². The third-order valence-electron chi connectivity index (χ3n) is 3.74. The van der Waals surface area contributed by atoms with Crippen LogP contribution < -0.4 is 10.6 Å². The first-order valence-corrected chi connectivity index (χ1v) is 8.69. The summed E-state index contributed by atoms with van der Waals surface area (Å²) in [7, 11) is 0. The minimum Gasteiger partial charge on any atom is -0.374 e. The molecule has 0 bridgehead atoms. The number of amides is 1. The van der Waals surface area contributed by atoms with Gasteiger partial charge in [-0.1, -0.05) is 36.4 Å². The van der Waals surface area contributed by atoms with Crippen molar-refractivity contribution in [1.82, 2.24) is 5.32 Å². The number of carbonyl (C=O) groups is 1. The van der Waals surface area contributed by atoms with Crippen LogP contribution in [-0.2, 0) is 4.79 Å². The van der Waals surface area contributed by atoms with Crippen molar-refractivity contribution >= 4 is 22.9 Å². The van der Waals surface area contributed by atoms with Gasteiger partial charge in [-0.15, -0.1) is 11.3 Å². The molecule has 1 aromatic heterocycles. The fourth-order valence-corrected chi connectivity index (χ4v) is 3.27. The minimum atomic E-state index is -1.57. The van der Waals surface area contributed by atoms with E-state index in [9.17, 15) is 18.0 Å². The molecule has 7 heteroatoms. The SMILES string of the molecule is O=C(CNc1ccc(F)c(F)c1F)NC(c1ccccc1)c1cccs1. The van der Waals surface area contributed by atoms with E-state index in [2.05, 4.69) is 10.6 Å². The Morgan fingerprint density at radius 1 is 0.962 bits per heavy atom. The maximum Gasteiger partial charge on any atom is 0.240 e. The first kappa shape index (κ1) is 18.0. The minimum absolute atomic E-state index is 0.272. The summed E-state index contributed by atoms with van der Waals surface area (Å²) in [4.78, 5) is 13.2. The van der Waals surface area contributed by atoms with E-state index in [1.165, 1.54) is 11.3 Å². The van der Waals surface area contributed by atoms with Gasteiger partial charge in [0.15, 0.2) is 17.5 Å². The summed E-state index contributed by atoms with van der Waals surface area (Å²) in [6, 6.07) is 14.7. The van der Waals surface area contributed by atoms with E-state index in [0.29, 0.717) is 0 Å². The summed E-state index contributed by atoms with van der Waals surface area (Å²) in [5.74, 6) is -4.61. The summed E-state index contributed by atoms with van der Waals surface area (Å²) in [5.41, 5.74) is 0.633. The summed E-state index contributed by atoms with van der Waals surface area (Å²) in [5, 5.41) is 7.27. The molecule has 0 radical (unpaired) electrons. The smallest absolute Gasteiger partial charge is 0.240 e. The van der Waals surface area contributed by atoms with Crippen LogP contribution in [0.1, 0.15) is 16.5 Å². The van der Waals surface area contributed by atoms with Crippen LogP contribution in [0.4, 0.5) is 18.9 Å². The lowest BCUT2D eigenvalue weighted by atomic mass is 10.1. The molecule has 0 aliphatic heterocycles. The van der Waals surface area contributed by atoms with Crippen molar-refractivity contribution < 1.29 is 18.0 Å². The lowest BCUT2D eigenvalue weighted by Gasteiger charge is -2.18. The Balaban J connectivity index is 1.70. The van der Waals surface area contributed by atoms with E-state index < -0.39 is 23.4 Å². The van der Waals surface area contributed by atoms with Gasteiger partial charge >= 0.3 is 0 Å². The number of hydrogen-bond acceptors (Lipinski definition) is 3. The maximum absolute atomic E-state index is 13.7. The average Bonchev–Trinajstić information content (AvgIpc) is 3.19. The van der Waals surface area contributed by atoms with Gasteiger partial charge in [0.2, 0.25) is 5.91 Å². The number of rotatable bonds is 6. The predicted molar refractivity (Wildman–Crippen MR) is 95.6 cm³/mol. The molecular formula is C19H15F3N2OS. The monoisotopic (exact) mass is 376 g/mol. The fourth-order valence-electron chi connectivity index (χ4n) is 2.47. The molecule has 134 valence electrons. The van der Waals surface area contributed by atoms with Gasteiger partial charge in [-0.2, -0.15) is 0 Å². The van der Waals surface area contributed by atoms with Crippen LogP contribution in [0.2, 0.25) is 0 Å². The van der Waals surface area contributed by atoms with Gasteiger partial charge in [-0.3, -0.25) is 4.79 Å². The molecule has 1 unspecified atom stereocenters. The lowest BCUT2D eigenvalue weighted by molar-refractivity contribution is -0.119. The molecule has 1 amide bonds. The number of anilines is 1. The molecule has 0 aliphatic carbocycles. The number of carbonyl (C=O) groups excluding carboxylic acids is 1. The van der Waals surface area contributed by atoms with Gasteiger partial charge in [-0.25, -0.2) is 13.2 Å². The van der Waals surface area contributed by atoms with Crippen LogP contribution in [0, 0.1) is 17.5 Å². The average molecular weight is 376 g/mol. The van der Waals surface area contributed by atoms with E-state index in [1.54, 1.807) is 0 Å². The Labute approximate surface area is 152 Å². The Morgan fingerprint density at radius 3 is 2.42 bits per heavy atom. The van der Waals surface area contributed by atoms with Gasteiger partial charge < -0.3 is 10.6 Å². The van der Waals surface area contributed by atoms with E-state index in [4.69, 9.17) is 0 Å². The molecule has 3 rings (SSSR count). The number of benzene rings is 2. The quantitative estimate of drug-likeness (QED) is 0.623. The molecule has 1 heterocycles. The third kappa shape index (κ3) is 4.05. The van der Waals surface area contributed by atoms with Crippen LogP contribution in [0.15, 0.2) is 60.0 Å². The van der Waals surface area contributed by atoms with E-state index in [0.717, 1.165) is 22.6 Å². The highest BCUT2D eigenvalue weighted by Crippen LogP contribution is 2.26. The highest BCUT2D eigenvalue weighted by atomic mass is 32.1. The van der Waals surface area contributed by atoms with Crippen molar-refractivity contribution in [2.45, 2.75) is 6.04 Å². The van der Waals surface area contributed by atoms with Gasteiger partial charge in [-0.05, 0) is 29.1 Å². The zero-order valence-electron chi connectivity index (χ0n) is 13.5. The number of nitrogens with one attached hydrogen (secondary N) is 2. The van der Waals surface area contributed by atoms with Crippen LogP contribution in [-0.4, -0.2) is 12.5 Å². The molecule has 3 aromatic rings. The Bertz CT molecular complexity index is 885. The van der Waals surface area contributed by atoms with Crippen molar-refractivity contribution in [3.63, 3.8) is 0 Å². The van der Waals surface area contributed by atoms with Crippen molar-refractivity contribution in [3.05, 3.63) is 87.9 Å². The molecule has 26 heavy (non-hydrogen) atoms. The van der Waals surface area contributed by atoms with Crippen LogP contribution >= 0.6 is 11.3 Å². The highest BCUT2D eigenvalue weighted by Gasteiger charge is 2.18. The molecule has 0 fully saturated rings. The molecule has 2 aromatic carbocycles. The summed E-state index contributed by atoms with van der Waals surface area (Å²) >= 11 is 1.50. The third-order valence-corrected chi connectivity index (χ3v) is 4.68. The molecule has 0 aliphatic rings. The maximum atomic E-state index is 13.7. The zero-order chi connectivity index (χ0) is 18.5.